The van der Waals surface area contributed by atoms with E-state index in [2.05, 4.69) is 62.5 Å². The maximum absolute atomic E-state index is 13.1. The number of nitrogens with zero attached hydrogens (tertiary/aromatic N) is 1. The number of carbonyl (C=O) groups is 1. The van der Waals surface area contributed by atoms with Crippen LogP contribution in [0, 0.1) is 11.8 Å². The summed E-state index contributed by atoms with van der Waals surface area (Å²) in [6, 6.07) is -0.460. The van der Waals surface area contributed by atoms with E-state index < -0.39 is 6.04 Å². The van der Waals surface area contributed by atoms with E-state index in [1.165, 1.54) is 154 Å². The van der Waals surface area contributed by atoms with Gasteiger partial charge in [0.2, 0.25) is 5.91 Å². The lowest BCUT2D eigenvalue weighted by molar-refractivity contribution is -0.132. The largest absolute Gasteiger partial charge is 0.381 e. The highest BCUT2D eigenvalue weighted by atomic mass is 16.5. The van der Waals surface area contributed by atoms with Gasteiger partial charge in [0.1, 0.15) is 0 Å². The summed E-state index contributed by atoms with van der Waals surface area (Å²) < 4.78 is 12.4. The highest BCUT2D eigenvalue weighted by molar-refractivity contribution is 5.81. The van der Waals surface area contributed by atoms with Crippen LogP contribution >= 0.6 is 0 Å². The second-order valence-corrected chi connectivity index (χ2v) is 17.0. The predicted molar refractivity (Wildman–Crippen MR) is 249 cm³/mol. The monoisotopic (exact) mass is 798 g/mol. The number of amides is 1. The second-order valence-electron chi connectivity index (χ2n) is 17.0. The molecule has 4 N–H and O–H groups in total. The molecule has 1 saturated heterocycles. The average molecular weight is 798 g/mol. The first-order valence-corrected chi connectivity index (χ1v) is 24.6. The van der Waals surface area contributed by atoms with Crippen LogP contribution in [-0.4, -0.2) is 62.9 Å². The molecule has 3 atom stereocenters. The molecule has 1 fully saturated rings. The molecule has 0 saturated carbocycles. The first kappa shape index (κ1) is 53.3. The molecule has 0 spiro atoms. The molecule has 0 radical (unpaired) electrons. The molecule has 0 aromatic heterocycles. The number of unbranched alkanes of at least 4 members (excludes halogenated alkanes) is 22. The van der Waals surface area contributed by atoms with Gasteiger partial charge in [-0.05, 0) is 96.4 Å². The van der Waals surface area contributed by atoms with Gasteiger partial charge in [-0.2, -0.15) is 0 Å². The van der Waals surface area contributed by atoms with Crippen molar-refractivity contribution in [2.75, 3.05) is 46.1 Å². The van der Waals surface area contributed by atoms with Crippen molar-refractivity contribution < 1.29 is 14.3 Å². The molecule has 57 heavy (non-hydrogen) atoms. The van der Waals surface area contributed by atoms with E-state index in [0.717, 1.165) is 58.4 Å². The topological polar surface area (TPSA) is 90.8 Å². The van der Waals surface area contributed by atoms with Crippen LogP contribution in [0.5, 0.6) is 0 Å². The third kappa shape index (κ3) is 33.8. The van der Waals surface area contributed by atoms with Crippen molar-refractivity contribution in [2.24, 2.45) is 23.3 Å². The first-order chi connectivity index (χ1) is 28.1. The van der Waals surface area contributed by atoms with Crippen molar-refractivity contribution in [1.82, 2.24) is 4.90 Å². The average Bonchev–Trinajstić information content (AvgIpc) is 3.63. The zero-order chi connectivity index (χ0) is 41.1. The Morgan fingerprint density at radius 2 is 0.877 bits per heavy atom. The number of likely N-dealkylation sites (tertiary alicyclic amines) is 1. The molecule has 0 aliphatic carbocycles. The number of carbonyl (C=O) groups excluding carboxylic acids is 1. The SMILES string of the molecule is CCCCCC=CCC=CCCCCCCCCCCOC[C@@H]1CN(C(=O)[C@@H](N)CCCN)C[C@H]1COCCCCCCCCCCC=CCC=CCCCCC. The van der Waals surface area contributed by atoms with Crippen molar-refractivity contribution in [2.45, 2.75) is 213 Å². The number of hydrogen-bond donors (Lipinski definition) is 2. The van der Waals surface area contributed by atoms with Crippen molar-refractivity contribution in [1.29, 1.82) is 0 Å². The van der Waals surface area contributed by atoms with Gasteiger partial charge in [0.25, 0.3) is 0 Å². The Bertz CT molecular complexity index is 915. The van der Waals surface area contributed by atoms with Gasteiger partial charge in [-0.1, -0.05) is 165 Å². The first-order valence-electron chi connectivity index (χ1n) is 24.6. The van der Waals surface area contributed by atoms with Crippen LogP contribution in [0.3, 0.4) is 0 Å². The molecule has 332 valence electrons. The zero-order valence-corrected chi connectivity index (χ0v) is 37.8. The fraction of sp³-hybridized carbons (Fsp3) is 0.824. The van der Waals surface area contributed by atoms with Gasteiger partial charge >= 0.3 is 0 Å². The molecular formula is C51H95N3O3. The summed E-state index contributed by atoms with van der Waals surface area (Å²) in [5, 5.41) is 0. The van der Waals surface area contributed by atoms with Gasteiger partial charge in [-0.15, -0.1) is 0 Å². The van der Waals surface area contributed by atoms with E-state index >= 15 is 0 Å². The Morgan fingerprint density at radius 3 is 1.25 bits per heavy atom. The number of rotatable bonds is 42. The number of nitrogens with two attached hydrogens (primary N) is 2. The van der Waals surface area contributed by atoms with Crippen LogP contribution in [0.2, 0.25) is 0 Å². The summed E-state index contributed by atoms with van der Waals surface area (Å²) in [5.74, 6) is 0.682. The fourth-order valence-corrected chi connectivity index (χ4v) is 7.75. The number of hydrogen-bond acceptors (Lipinski definition) is 5. The number of ether oxygens (including phenoxy) is 2. The molecule has 1 rings (SSSR count). The minimum atomic E-state index is -0.460. The third-order valence-electron chi connectivity index (χ3n) is 11.6. The summed E-state index contributed by atoms with van der Waals surface area (Å²) >= 11 is 0. The number of allylic oxidation sites excluding steroid dienone is 8. The van der Waals surface area contributed by atoms with Crippen LogP contribution in [0.25, 0.3) is 0 Å². The summed E-state index contributed by atoms with van der Waals surface area (Å²) in [6.45, 7) is 9.56. The molecule has 0 aromatic carbocycles. The molecule has 6 nitrogen and oxygen atoms in total. The lowest BCUT2D eigenvalue weighted by Gasteiger charge is -2.21. The zero-order valence-electron chi connectivity index (χ0n) is 37.8. The molecule has 1 aliphatic heterocycles. The van der Waals surface area contributed by atoms with E-state index in [0.29, 0.717) is 38.0 Å². The lowest BCUT2D eigenvalue weighted by atomic mass is 9.98. The van der Waals surface area contributed by atoms with Crippen LogP contribution < -0.4 is 11.5 Å². The smallest absolute Gasteiger partial charge is 0.239 e. The van der Waals surface area contributed by atoms with Crippen LogP contribution in [0.1, 0.15) is 206 Å². The normalized spacial score (nSPS) is 16.8. The molecule has 1 heterocycles. The minimum absolute atomic E-state index is 0.0609. The summed E-state index contributed by atoms with van der Waals surface area (Å²) in [4.78, 5) is 15.1. The van der Waals surface area contributed by atoms with Crippen molar-refractivity contribution in [3.63, 3.8) is 0 Å². The van der Waals surface area contributed by atoms with Gasteiger partial charge in [0, 0.05) is 38.1 Å². The van der Waals surface area contributed by atoms with Gasteiger partial charge in [0.05, 0.1) is 19.3 Å². The summed E-state index contributed by atoms with van der Waals surface area (Å²) in [7, 11) is 0. The fourth-order valence-electron chi connectivity index (χ4n) is 7.75. The molecule has 1 amide bonds. The van der Waals surface area contributed by atoms with Crippen molar-refractivity contribution >= 4 is 5.91 Å². The highest BCUT2D eigenvalue weighted by Crippen LogP contribution is 2.26. The second kappa shape index (κ2) is 42.4. The summed E-state index contributed by atoms with van der Waals surface area (Å²) in [6.07, 6.45) is 55.9. The highest BCUT2D eigenvalue weighted by Gasteiger charge is 2.36. The Kier molecular flexibility index (Phi) is 39.6. The molecular weight excluding hydrogens is 703 g/mol. The molecule has 1 aliphatic rings. The van der Waals surface area contributed by atoms with E-state index in [-0.39, 0.29) is 5.91 Å². The Labute approximate surface area is 354 Å². The molecule has 0 aromatic rings. The Balaban J connectivity index is 2.14. The Hall–Kier alpha value is -1.73. The molecule has 6 heteroatoms. The summed E-state index contributed by atoms with van der Waals surface area (Å²) in [5.41, 5.74) is 11.9. The lowest BCUT2D eigenvalue weighted by Crippen LogP contribution is -2.43. The van der Waals surface area contributed by atoms with Gasteiger partial charge < -0.3 is 25.8 Å². The van der Waals surface area contributed by atoms with E-state index in [9.17, 15) is 4.79 Å². The molecule has 0 bridgehead atoms. The standard InChI is InChI=1S/C51H95N3O3/c1-3-5-7-9-11-13-15-17-19-21-23-25-27-29-31-33-35-37-42-56-46-48-44-54(51(55)50(53)40-39-41-52)45-49(48)47-57-43-38-36-34-32-30-28-26-24-22-20-18-16-14-12-10-8-6-4-2/h11-14,17-20,48-50H,3-10,15-16,21-47,52-53H2,1-2H3/t48-,49-,50-/m0/s1. The van der Waals surface area contributed by atoms with Crippen LogP contribution in [-0.2, 0) is 14.3 Å². The van der Waals surface area contributed by atoms with Gasteiger partial charge in [-0.25, -0.2) is 0 Å². The maximum atomic E-state index is 13.1. The van der Waals surface area contributed by atoms with E-state index in [1.807, 2.05) is 4.90 Å². The quantitative estimate of drug-likeness (QED) is 0.0474. The molecule has 0 unspecified atom stereocenters. The third-order valence-corrected chi connectivity index (χ3v) is 11.6. The van der Waals surface area contributed by atoms with Gasteiger partial charge in [0.15, 0.2) is 0 Å². The van der Waals surface area contributed by atoms with Crippen molar-refractivity contribution in [3.8, 4) is 0 Å². The van der Waals surface area contributed by atoms with Gasteiger partial charge in [-0.3, -0.25) is 4.79 Å². The van der Waals surface area contributed by atoms with E-state index in [1.54, 1.807) is 0 Å². The van der Waals surface area contributed by atoms with Crippen LogP contribution in [0.4, 0.5) is 0 Å². The predicted octanol–water partition coefficient (Wildman–Crippen LogP) is 13.3. The van der Waals surface area contributed by atoms with E-state index in [4.69, 9.17) is 20.9 Å². The van der Waals surface area contributed by atoms with Crippen LogP contribution in [0.15, 0.2) is 48.6 Å². The van der Waals surface area contributed by atoms with Crippen molar-refractivity contribution in [3.05, 3.63) is 48.6 Å². The minimum Gasteiger partial charge on any atom is -0.381 e. The Morgan fingerprint density at radius 1 is 0.526 bits per heavy atom. The maximum Gasteiger partial charge on any atom is 0.239 e.